The van der Waals surface area contributed by atoms with Crippen molar-refractivity contribution in [2.75, 3.05) is 18.6 Å². The monoisotopic (exact) mass is 405 g/mol. The third-order valence-corrected chi connectivity index (χ3v) is 5.08. The number of fused-ring (bicyclic) bond motifs is 1. The molecule has 0 aliphatic carbocycles. The van der Waals surface area contributed by atoms with Crippen LogP contribution in [0.15, 0.2) is 48.7 Å². The van der Waals surface area contributed by atoms with Crippen molar-refractivity contribution in [3.63, 3.8) is 0 Å². The normalized spacial score (nSPS) is 15.9. The van der Waals surface area contributed by atoms with Crippen LogP contribution in [0.3, 0.4) is 0 Å². The van der Waals surface area contributed by atoms with Gasteiger partial charge in [0.25, 0.3) is 11.8 Å². The number of amides is 2. The molecule has 0 unspecified atom stereocenters. The van der Waals surface area contributed by atoms with Gasteiger partial charge in [-0.1, -0.05) is 18.2 Å². The molecule has 0 spiro atoms. The van der Waals surface area contributed by atoms with Gasteiger partial charge in [0, 0.05) is 24.6 Å². The predicted octanol–water partition coefficient (Wildman–Crippen LogP) is 2.10. The molecule has 1 N–H and O–H groups in total. The summed E-state index contributed by atoms with van der Waals surface area (Å²) >= 11 is 0. The molecule has 0 saturated heterocycles. The largest absolute Gasteiger partial charge is 0.489 e. The molecule has 2 amide bonds. The summed E-state index contributed by atoms with van der Waals surface area (Å²) in [5.41, 5.74) is 3.70. The lowest BCUT2D eigenvalue weighted by atomic mass is 10.2. The number of pyridine rings is 1. The van der Waals surface area contributed by atoms with Gasteiger partial charge in [-0.2, -0.15) is 5.10 Å². The van der Waals surface area contributed by atoms with Crippen molar-refractivity contribution in [2.45, 2.75) is 26.4 Å². The molecule has 8 nitrogen and oxygen atoms in total. The summed E-state index contributed by atoms with van der Waals surface area (Å²) in [4.78, 5) is 31.4. The maximum Gasteiger partial charge on any atom is 0.272 e. The van der Waals surface area contributed by atoms with E-state index in [4.69, 9.17) is 4.74 Å². The van der Waals surface area contributed by atoms with E-state index < -0.39 is 11.9 Å². The molecule has 2 aromatic heterocycles. The van der Waals surface area contributed by atoms with E-state index in [0.717, 1.165) is 17.0 Å². The van der Waals surface area contributed by atoms with Crippen LogP contribution in [0.5, 0.6) is 5.75 Å². The van der Waals surface area contributed by atoms with Crippen LogP contribution in [0.2, 0.25) is 0 Å². The first-order chi connectivity index (χ1) is 14.4. The minimum Gasteiger partial charge on any atom is -0.489 e. The Hall–Kier alpha value is -3.68. The van der Waals surface area contributed by atoms with Crippen molar-refractivity contribution in [3.05, 3.63) is 71.3 Å². The third-order valence-electron chi connectivity index (χ3n) is 5.08. The van der Waals surface area contributed by atoms with Crippen LogP contribution >= 0.6 is 0 Å². The first kappa shape index (κ1) is 19.6. The number of ether oxygens (including phenoxy) is 1. The Bertz CT molecular complexity index is 1090. The topological polar surface area (TPSA) is 89.4 Å². The number of para-hydroxylation sites is 2. The number of anilines is 1. The number of aromatic nitrogens is 3. The summed E-state index contributed by atoms with van der Waals surface area (Å²) in [6.45, 7) is 4.38. The van der Waals surface area contributed by atoms with Crippen molar-refractivity contribution in [3.8, 4) is 5.75 Å². The Labute approximate surface area is 174 Å². The summed E-state index contributed by atoms with van der Waals surface area (Å²) in [6, 6.07) is 12.1. The Morgan fingerprint density at radius 2 is 2.03 bits per heavy atom. The minimum absolute atomic E-state index is 0.0562. The number of likely N-dealkylation sites (N-methyl/N-ethyl adjacent to an activating group) is 1. The second-order valence-corrected chi connectivity index (χ2v) is 7.34. The number of aryl methyl sites for hydroxylation is 2. The second kappa shape index (κ2) is 7.98. The maximum atomic E-state index is 12.8. The van der Waals surface area contributed by atoms with E-state index >= 15 is 0 Å². The SMILES string of the molecule is Cc1ccc(Cn2nc(C(=O)N[C@H]3COc4ccccc4N(C)C3=O)cc2C)cn1. The molecular formula is C22H23N5O3. The number of nitrogens with one attached hydrogen (secondary N) is 1. The maximum absolute atomic E-state index is 12.8. The van der Waals surface area contributed by atoms with Crippen LogP contribution in [0.4, 0.5) is 5.69 Å². The summed E-state index contributed by atoms with van der Waals surface area (Å²) < 4.78 is 7.49. The van der Waals surface area contributed by atoms with E-state index in [0.29, 0.717) is 18.0 Å². The van der Waals surface area contributed by atoms with Crippen molar-refractivity contribution in [1.82, 2.24) is 20.1 Å². The van der Waals surface area contributed by atoms with Gasteiger partial charge in [0.05, 0.1) is 12.2 Å². The molecule has 3 aromatic rings. The molecule has 1 aromatic carbocycles. The molecular weight excluding hydrogens is 382 g/mol. The van der Waals surface area contributed by atoms with Crippen LogP contribution in [-0.2, 0) is 11.3 Å². The van der Waals surface area contributed by atoms with E-state index in [2.05, 4.69) is 15.4 Å². The smallest absolute Gasteiger partial charge is 0.272 e. The number of rotatable bonds is 4. The fourth-order valence-corrected chi connectivity index (χ4v) is 3.33. The van der Waals surface area contributed by atoms with Crippen LogP contribution in [0.1, 0.15) is 27.4 Å². The van der Waals surface area contributed by atoms with Crippen molar-refractivity contribution >= 4 is 17.5 Å². The van der Waals surface area contributed by atoms with Crippen LogP contribution in [0, 0.1) is 13.8 Å². The first-order valence-electron chi connectivity index (χ1n) is 9.68. The predicted molar refractivity (Wildman–Crippen MR) is 112 cm³/mol. The molecule has 8 heteroatoms. The Balaban J connectivity index is 1.48. The molecule has 0 saturated carbocycles. The fourth-order valence-electron chi connectivity index (χ4n) is 3.33. The molecule has 0 radical (unpaired) electrons. The molecule has 4 rings (SSSR count). The third kappa shape index (κ3) is 3.89. The van der Waals surface area contributed by atoms with Crippen molar-refractivity contribution in [2.24, 2.45) is 0 Å². The lowest BCUT2D eigenvalue weighted by Gasteiger charge is -2.20. The zero-order chi connectivity index (χ0) is 21.3. The number of hydrogen-bond acceptors (Lipinski definition) is 5. The molecule has 1 aliphatic rings. The molecule has 154 valence electrons. The van der Waals surface area contributed by atoms with Gasteiger partial charge in [0.15, 0.2) is 0 Å². The Morgan fingerprint density at radius 1 is 1.23 bits per heavy atom. The number of hydrogen-bond donors (Lipinski definition) is 1. The average Bonchev–Trinajstić information content (AvgIpc) is 3.06. The molecule has 1 aliphatic heterocycles. The van der Waals surface area contributed by atoms with Gasteiger partial charge >= 0.3 is 0 Å². The zero-order valence-corrected chi connectivity index (χ0v) is 17.1. The van der Waals surface area contributed by atoms with Crippen LogP contribution in [-0.4, -0.2) is 46.3 Å². The second-order valence-electron chi connectivity index (χ2n) is 7.34. The van der Waals surface area contributed by atoms with E-state index in [1.54, 1.807) is 30.1 Å². The zero-order valence-electron chi connectivity index (χ0n) is 17.1. The highest BCUT2D eigenvalue weighted by molar-refractivity contribution is 6.02. The van der Waals surface area contributed by atoms with Crippen molar-refractivity contribution in [1.29, 1.82) is 0 Å². The Morgan fingerprint density at radius 3 is 2.80 bits per heavy atom. The van der Waals surface area contributed by atoms with Gasteiger partial charge in [-0.3, -0.25) is 19.3 Å². The first-order valence-corrected chi connectivity index (χ1v) is 9.68. The van der Waals surface area contributed by atoms with Gasteiger partial charge in [-0.25, -0.2) is 0 Å². The fraction of sp³-hybridized carbons (Fsp3) is 0.273. The van der Waals surface area contributed by atoms with Crippen LogP contribution in [0.25, 0.3) is 0 Å². The summed E-state index contributed by atoms with van der Waals surface area (Å²) in [5, 5.41) is 7.17. The summed E-state index contributed by atoms with van der Waals surface area (Å²) in [6.07, 6.45) is 1.80. The lowest BCUT2D eigenvalue weighted by molar-refractivity contribution is -0.120. The Kier molecular flexibility index (Phi) is 5.22. The number of carbonyl (C=O) groups excluding carboxylic acids is 2. The standard InChI is InChI=1S/C22H23N5O3/c1-14-8-9-16(11-23-14)12-27-15(2)10-17(25-27)21(28)24-18-13-30-20-7-5-4-6-19(20)26(3)22(18)29/h4-11,18H,12-13H2,1-3H3,(H,24,28)/t18-/m0/s1. The highest BCUT2D eigenvalue weighted by Crippen LogP contribution is 2.29. The molecule has 30 heavy (non-hydrogen) atoms. The number of nitrogens with zero attached hydrogens (tertiary/aromatic N) is 4. The van der Waals surface area contributed by atoms with Gasteiger partial charge in [-0.15, -0.1) is 0 Å². The lowest BCUT2D eigenvalue weighted by Crippen LogP contribution is -2.49. The molecule has 0 bridgehead atoms. The number of carbonyl (C=O) groups is 2. The molecule has 0 fully saturated rings. The summed E-state index contributed by atoms with van der Waals surface area (Å²) in [5.74, 6) is -0.0488. The van der Waals surface area contributed by atoms with E-state index in [9.17, 15) is 9.59 Å². The highest BCUT2D eigenvalue weighted by Gasteiger charge is 2.31. The summed E-state index contributed by atoms with van der Waals surface area (Å²) in [7, 11) is 1.67. The quantitative estimate of drug-likeness (QED) is 0.718. The molecule has 3 heterocycles. The van der Waals surface area contributed by atoms with Gasteiger partial charge in [-0.05, 0) is 43.7 Å². The minimum atomic E-state index is -0.804. The van der Waals surface area contributed by atoms with Gasteiger partial charge in [0.2, 0.25) is 0 Å². The van der Waals surface area contributed by atoms with Gasteiger partial charge < -0.3 is 15.0 Å². The van der Waals surface area contributed by atoms with E-state index in [1.807, 2.05) is 44.2 Å². The van der Waals surface area contributed by atoms with Crippen molar-refractivity contribution < 1.29 is 14.3 Å². The highest BCUT2D eigenvalue weighted by atomic mass is 16.5. The van der Waals surface area contributed by atoms with E-state index in [-0.39, 0.29) is 18.2 Å². The van der Waals surface area contributed by atoms with E-state index in [1.165, 1.54) is 4.90 Å². The average molecular weight is 405 g/mol. The van der Waals surface area contributed by atoms with Crippen LogP contribution < -0.4 is 15.0 Å². The van der Waals surface area contributed by atoms with Gasteiger partial charge in [0.1, 0.15) is 24.1 Å². The molecule has 1 atom stereocenters. The number of benzene rings is 1.